The van der Waals surface area contributed by atoms with E-state index in [2.05, 4.69) is 25.9 Å². The Bertz CT molecular complexity index is 977. The van der Waals surface area contributed by atoms with E-state index in [9.17, 15) is 4.79 Å². The molecule has 3 aromatic carbocycles. The first-order valence-corrected chi connectivity index (χ1v) is 8.56. The number of anilines is 1. The fourth-order valence-corrected chi connectivity index (χ4v) is 3.05. The Labute approximate surface area is 156 Å². The van der Waals surface area contributed by atoms with Crippen LogP contribution in [0.15, 0.2) is 84.9 Å². The summed E-state index contributed by atoms with van der Waals surface area (Å²) in [7, 11) is 0. The van der Waals surface area contributed by atoms with Crippen molar-refractivity contribution in [3.05, 3.63) is 96.1 Å². The zero-order valence-electron chi connectivity index (χ0n) is 14.4. The summed E-state index contributed by atoms with van der Waals surface area (Å²) in [6.07, 6.45) is 0. The molecule has 0 fully saturated rings. The molecule has 6 nitrogen and oxygen atoms in total. The highest BCUT2D eigenvalue weighted by atomic mass is 16.1. The summed E-state index contributed by atoms with van der Waals surface area (Å²) in [4.78, 5) is 13.3. The summed E-state index contributed by atoms with van der Waals surface area (Å²) in [6, 6.07) is 26.9. The molecule has 1 heterocycles. The zero-order chi connectivity index (χ0) is 18.5. The number of rotatable bonds is 5. The highest BCUT2D eigenvalue weighted by Gasteiger charge is 2.23. The molecule has 0 saturated carbocycles. The van der Waals surface area contributed by atoms with Gasteiger partial charge in [0.2, 0.25) is 11.7 Å². The van der Waals surface area contributed by atoms with Gasteiger partial charge in [-0.2, -0.15) is 5.21 Å². The second kappa shape index (κ2) is 7.61. The normalized spacial score (nSPS) is 10.7. The number of benzene rings is 3. The molecule has 132 valence electrons. The third-order valence-corrected chi connectivity index (χ3v) is 4.30. The molecule has 4 aromatic rings. The van der Waals surface area contributed by atoms with Crippen LogP contribution in [-0.4, -0.2) is 26.5 Å². The van der Waals surface area contributed by atoms with Gasteiger partial charge >= 0.3 is 0 Å². The minimum Gasteiger partial charge on any atom is -0.325 e. The van der Waals surface area contributed by atoms with Crippen molar-refractivity contribution in [3.63, 3.8) is 0 Å². The Morgan fingerprint density at radius 3 is 2.00 bits per heavy atom. The third-order valence-electron chi connectivity index (χ3n) is 4.30. The molecule has 1 amide bonds. The highest BCUT2D eigenvalue weighted by molar-refractivity contribution is 6.00. The molecule has 27 heavy (non-hydrogen) atoms. The molecular formula is C21H17N5O. The molecule has 4 rings (SSSR count). The van der Waals surface area contributed by atoms with Gasteiger partial charge in [0.25, 0.3) is 0 Å². The Morgan fingerprint density at radius 1 is 0.815 bits per heavy atom. The Balaban J connectivity index is 1.70. The van der Waals surface area contributed by atoms with Crippen molar-refractivity contribution < 1.29 is 4.79 Å². The first-order chi connectivity index (χ1) is 13.3. The van der Waals surface area contributed by atoms with Gasteiger partial charge in [-0.25, -0.2) is 0 Å². The van der Waals surface area contributed by atoms with E-state index in [0.29, 0.717) is 17.1 Å². The number of tetrazole rings is 1. The van der Waals surface area contributed by atoms with E-state index in [1.54, 1.807) is 0 Å². The summed E-state index contributed by atoms with van der Waals surface area (Å²) in [5.41, 5.74) is 3.21. The maximum absolute atomic E-state index is 13.3. The average Bonchev–Trinajstić information content (AvgIpc) is 3.25. The third kappa shape index (κ3) is 3.59. The van der Waals surface area contributed by atoms with Gasteiger partial charge < -0.3 is 5.32 Å². The molecule has 6 heteroatoms. The predicted molar refractivity (Wildman–Crippen MR) is 103 cm³/mol. The summed E-state index contributed by atoms with van der Waals surface area (Å²) < 4.78 is 0. The number of H-pyrrole nitrogens is 1. The van der Waals surface area contributed by atoms with Crippen LogP contribution in [0, 0.1) is 0 Å². The van der Waals surface area contributed by atoms with Crippen molar-refractivity contribution in [1.29, 1.82) is 0 Å². The van der Waals surface area contributed by atoms with Crippen molar-refractivity contribution in [2.45, 2.75) is 5.92 Å². The standard InChI is InChI=1S/C21H17N5O/c27-21(22-18-14-8-7-13-17(18)20-23-25-26-24-20)19(15-9-3-1-4-10-15)16-11-5-2-6-12-16/h1-14,19H,(H,22,27)(H,23,24,25,26). The summed E-state index contributed by atoms with van der Waals surface area (Å²) in [5, 5.41) is 17.1. The van der Waals surface area contributed by atoms with Crippen LogP contribution in [0.25, 0.3) is 11.4 Å². The molecule has 0 radical (unpaired) electrons. The summed E-state index contributed by atoms with van der Waals surface area (Å²) in [5.74, 6) is -0.115. The quantitative estimate of drug-likeness (QED) is 0.572. The average molecular weight is 355 g/mol. The lowest BCUT2D eigenvalue weighted by atomic mass is 9.90. The molecule has 0 aliphatic carbocycles. The van der Waals surface area contributed by atoms with Crippen LogP contribution in [-0.2, 0) is 4.79 Å². The van der Waals surface area contributed by atoms with E-state index in [1.165, 1.54) is 0 Å². The van der Waals surface area contributed by atoms with Crippen molar-refractivity contribution in [1.82, 2.24) is 20.6 Å². The van der Waals surface area contributed by atoms with Crippen LogP contribution in [0.3, 0.4) is 0 Å². The van der Waals surface area contributed by atoms with Crippen LogP contribution in [0.1, 0.15) is 17.0 Å². The molecule has 0 bridgehead atoms. The van der Waals surface area contributed by atoms with Crippen molar-refractivity contribution in [2.24, 2.45) is 0 Å². The lowest BCUT2D eigenvalue weighted by molar-refractivity contribution is -0.116. The molecule has 0 aliphatic rings. The first-order valence-electron chi connectivity index (χ1n) is 8.56. The molecule has 1 aromatic heterocycles. The summed E-state index contributed by atoms with van der Waals surface area (Å²) >= 11 is 0. The molecule has 0 atom stereocenters. The molecule has 0 saturated heterocycles. The van der Waals surface area contributed by atoms with E-state index < -0.39 is 5.92 Å². The minimum absolute atomic E-state index is 0.122. The number of aromatic amines is 1. The lowest BCUT2D eigenvalue weighted by Crippen LogP contribution is -2.22. The van der Waals surface area contributed by atoms with Crippen LogP contribution >= 0.6 is 0 Å². The van der Waals surface area contributed by atoms with Crippen LogP contribution in [0.2, 0.25) is 0 Å². The summed E-state index contributed by atoms with van der Waals surface area (Å²) in [6.45, 7) is 0. The molecule has 0 spiro atoms. The SMILES string of the molecule is O=C(Nc1ccccc1-c1nn[nH]n1)C(c1ccccc1)c1ccccc1. The van der Waals surface area contributed by atoms with Gasteiger partial charge in [0.1, 0.15) is 0 Å². The van der Waals surface area contributed by atoms with E-state index in [-0.39, 0.29) is 5.91 Å². The van der Waals surface area contributed by atoms with Gasteiger partial charge in [0.15, 0.2) is 0 Å². The predicted octanol–water partition coefficient (Wildman–Crippen LogP) is 3.64. The number of hydrogen-bond donors (Lipinski definition) is 2. The molecule has 0 aliphatic heterocycles. The van der Waals surface area contributed by atoms with Crippen LogP contribution in [0.5, 0.6) is 0 Å². The Kier molecular flexibility index (Phi) is 4.70. The Hall–Kier alpha value is -3.80. The van der Waals surface area contributed by atoms with E-state index in [4.69, 9.17) is 0 Å². The number of para-hydroxylation sites is 1. The smallest absolute Gasteiger partial charge is 0.236 e. The minimum atomic E-state index is -0.425. The fourth-order valence-electron chi connectivity index (χ4n) is 3.05. The fraction of sp³-hybridized carbons (Fsp3) is 0.0476. The van der Waals surface area contributed by atoms with E-state index >= 15 is 0 Å². The topological polar surface area (TPSA) is 83.6 Å². The van der Waals surface area contributed by atoms with Gasteiger partial charge in [-0.1, -0.05) is 72.8 Å². The van der Waals surface area contributed by atoms with Gasteiger partial charge in [-0.3, -0.25) is 4.79 Å². The lowest BCUT2D eigenvalue weighted by Gasteiger charge is -2.18. The van der Waals surface area contributed by atoms with Crippen molar-refractivity contribution >= 4 is 11.6 Å². The van der Waals surface area contributed by atoms with Gasteiger partial charge in [0, 0.05) is 5.56 Å². The van der Waals surface area contributed by atoms with Crippen LogP contribution in [0.4, 0.5) is 5.69 Å². The van der Waals surface area contributed by atoms with Gasteiger partial charge in [0.05, 0.1) is 11.6 Å². The molecule has 0 unspecified atom stereocenters. The Morgan fingerprint density at radius 2 is 1.41 bits per heavy atom. The number of hydrogen-bond acceptors (Lipinski definition) is 4. The second-order valence-electron chi connectivity index (χ2n) is 6.02. The van der Waals surface area contributed by atoms with Gasteiger partial charge in [-0.05, 0) is 28.5 Å². The second-order valence-corrected chi connectivity index (χ2v) is 6.02. The number of amides is 1. The largest absolute Gasteiger partial charge is 0.325 e. The monoisotopic (exact) mass is 355 g/mol. The highest BCUT2D eigenvalue weighted by Crippen LogP contribution is 2.29. The maximum atomic E-state index is 13.3. The molecular weight excluding hydrogens is 338 g/mol. The number of nitrogens with zero attached hydrogens (tertiary/aromatic N) is 3. The maximum Gasteiger partial charge on any atom is 0.236 e. The number of aromatic nitrogens is 4. The van der Waals surface area contributed by atoms with Crippen molar-refractivity contribution in [3.8, 4) is 11.4 Å². The van der Waals surface area contributed by atoms with Gasteiger partial charge in [-0.15, -0.1) is 10.2 Å². The zero-order valence-corrected chi connectivity index (χ0v) is 14.4. The number of carbonyl (C=O) groups is 1. The first kappa shape index (κ1) is 16.7. The van der Waals surface area contributed by atoms with E-state index in [0.717, 1.165) is 11.1 Å². The molecule has 2 N–H and O–H groups in total. The van der Waals surface area contributed by atoms with E-state index in [1.807, 2.05) is 84.9 Å². The number of nitrogens with one attached hydrogen (secondary N) is 2. The van der Waals surface area contributed by atoms with Crippen LogP contribution < -0.4 is 5.32 Å². The van der Waals surface area contributed by atoms with Crippen molar-refractivity contribution in [2.75, 3.05) is 5.32 Å². The number of carbonyl (C=O) groups excluding carboxylic acids is 1.